The summed E-state index contributed by atoms with van der Waals surface area (Å²) >= 11 is 0. The van der Waals surface area contributed by atoms with Gasteiger partial charge in [-0.3, -0.25) is 14.9 Å². The first kappa shape index (κ1) is 7.53. The molecule has 2 fully saturated rings. The van der Waals surface area contributed by atoms with Gasteiger partial charge < -0.3 is 0 Å². The van der Waals surface area contributed by atoms with Crippen LogP contribution in [0.1, 0.15) is 12.8 Å². The topological polar surface area (TPSA) is 46.2 Å². The fourth-order valence-corrected chi connectivity index (χ4v) is 2.26. The molecule has 1 aliphatic heterocycles. The van der Waals surface area contributed by atoms with Crippen LogP contribution < -0.4 is 5.32 Å². The van der Waals surface area contributed by atoms with Crippen molar-refractivity contribution in [1.29, 1.82) is 0 Å². The Bertz CT molecular complexity index is 259. The van der Waals surface area contributed by atoms with Crippen molar-refractivity contribution >= 4 is 11.8 Å². The summed E-state index contributed by atoms with van der Waals surface area (Å²) in [6, 6.07) is 0. The van der Waals surface area contributed by atoms with Crippen LogP contribution in [0.2, 0.25) is 0 Å². The summed E-state index contributed by atoms with van der Waals surface area (Å²) in [5.41, 5.74) is 0. The van der Waals surface area contributed by atoms with E-state index in [0.717, 1.165) is 12.8 Å². The highest BCUT2D eigenvalue weighted by molar-refractivity contribution is 6.05. The first-order valence-electron chi connectivity index (χ1n) is 4.21. The molecule has 1 N–H and O–H groups in total. The largest absolute Gasteiger partial charge is 0.296 e. The molecule has 0 aromatic heterocycles. The number of rotatable bonds is 1. The molecule has 2 rings (SSSR count). The maximum Gasteiger partial charge on any atom is 0.231 e. The van der Waals surface area contributed by atoms with Gasteiger partial charge in [0.25, 0.3) is 0 Å². The Morgan fingerprint density at radius 2 is 2.08 bits per heavy atom. The number of allylic oxidation sites excluding steroid dienone is 1. The molecule has 2 aliphatic rings. The van der Waals surface area contributed by atoms with Gasteiger partial charge in [-0.05, 0) is 18.8 Å². The molecule has 0 aromatic rings. The normalized spacial score (nSPS) is 39.5. The minimum absolute atomic E-state index is 0.0690. The molecule has 1 saturated carbocycles. The minimum Gasteiger partial charge on any atom is -0.296 e. The van der Waals surface area contributed by atoms with Gasteiger partial charge in [0.2, 0.25) is 11.8 Å². The van der Waals surface area contributed by atoms with Crippen molar-refractivity contribution < 1.29 is 9.59 Å². The number of imide groups is 1. The van der Waals surface area contributed by atoms with Gasteiger partial charge in [-0.25, -0.2) is 0 Å². The number of fused-ring (bicyclic) bond motifs is 1. The molecule has 1 aliphatic carbocycles. The lowest BCUT2D eigenvalue weighted by Gasteiger charge is -2.09. The first-order chi connectivity index (χ1) is 5.74. The Labute approximate surface area is 70.8 Å². The van der Waals surface area contributed by atoms with Crippen LogP contribution in [0.5, 0.6) is 0 Å². The molecule has 64 valence electrons. The fraction of sp³-hybridized carbons (Fsp3) is 0.556. The highest BCUT2D eigenvalue weighted by Gasteiger charge is 2.48. The smallest absolute Gasteiger partial charge is 0.231 e. The van der Waals surface area contributed by atoms with E-state index in [4.69, 9.17) is 0 Å². The quantitative estimate of drug-likeness (QED) is 0.453. The van der Waals surface area contributed by atoms with Crippen LogP contribution in [0.25, 0.3) is 0 Å². The first-order valence-corrected chi connectivity index (χ1v) is 4.21. The lowest BCUT2D eigenvalue weighted by molar-refractivity contribution is -0.126. The maximum atomic E-state index is 11.3. The Kier molecular flexibility index (Phi) is 1.53. The second-order valence-corrected chi connectivity index (χ2v) is 3.46. The standard InChI is InChI=1S/C9H11NO2/c1-2-5-3-4-6-7(5)9(12)10-8(6)11/h2,5-7H,1,3-4H2,(H,10,11,12). The number of hydrogen-bond acceptors (Lipinski definition) is 2. The molecule has 3 heteroatoms. The van der Waals surface area contributed by atoms with Gasteiger partial charge >= 0.3 is 0 Å². The predicted octanol–water partition coefficient (Wildman–Crippen LogP) is 0.471. The number of amides is 2. The molecule has 1 saturated heterocycles. The van der Waals surface area contributed by atoms with Gasteiger partial charge in [0, 0.05) is 0 Å². The van der Waals surface area contributed by atoms with Crippen molar-refractivity contribution in [2.75, 3.05) is 0 Å². The van der Waals surface area contributed by atoms with Crippen LogP contribution in [0.3, 0.4) is 0 Å². The van der Waals surface area contributed by atoms with Crippen molar-refractivity contribution in [3.8, 4) is 0 Å². The van der Waals surface area contributed by atoms with Gasteiger partial charge in [0.15, 0.2) is 0 Å². The molecule has 0 spiro atoms. The van der Waals surface area contributed by atoms with E-state index in [-0.39, 0.29) is 29.6 Å². The number of nitrogens with one attached hydrogen (secondary N) is 1. The van der Waals surface area contributed by atoms with E-state index in [1.807, 2.05) is 0 Å². The summed E-state index contributed by atoms with van der Waals surface area (Å²) < 4.78 is 0. The summed E-state index contributed by atoms with van der Waals surface area (Å²) in [5.74, 6) is -0.168. The second kappa shape index (κ2) is 2.44. The van der Waals surface area contributed by atoms with Crippen molar-refractivity contribution in [2.45, 2.75) is 12.8 Å². The van der Waals surface area contributed by atoms with E-state index in [0.29, 0.717) is 0 Å². The molecule has 12 heavy (non-hydrogen) atoms. The molecule has 3 nitrogen and oxygen atoms in total. The van der Waals surface area contributed by atoms with Crippen LogP contribution in [-0.2, 0) is 9.59 Å². The minimum atomic E-state index is -0.116. The molecule has 3 unspecified atom stereocenters. The third-order valence-corrected chi connectivity index (χ3v) is 2.89. The SMILES string of the molecule is C=CC1CCC2C(=O)NC(=O)C12. The van der Waals surface area contributed by atoms with E-state index in [2.05, 4.69) is 11.9 Å². The molecule has 1 heterocycles. The zero-order chi connectivity index (χ0) is 8.72. The Hall–Kier alpha value is -1.12. The Morgan fingerprint density at radius 1 is 1.33 bits per heavy atom. The van der Waals surface area contributed by atoms with E-state index < -0.39 is 0 Å². The Balaban J connectivity index is 2.28. The zero-order valence-corrected chi connectivity index (χ0v) is 6.75. The monoisotopic (exact) mass is 165 g/mol. The molecular weight excluding hydrogens is 154 g/mol. The predicted molar refractivity (Wildman–Crippen MR) is 43.1 cm³/mol. The van der Waals surface area contributed by atoms with Crippen LogP contribution in [-0.4, -0.2) is 11.8 Å². The summed E-state index contributed by atoms with van der Waals surface area (Å²) in [4.78, 5) is 22.4. The second-order valence-electron chi connectivity index (χ2n) is 3.46. The van der Waals surface area contributed by atoms with Gasteiger partial charge in [0.1, 0.15) is 0 Å². The number of carbonyl (C=O) groups excluding carboxylic acids is 2. The summed E-state index contributed by atoms with van der Waals surface area (Å²) in [5, 5.41) is 2.36. The molecule has 2 amide bonds. The zero-order valence-electron chi connectivity index (χ0n) is 6.75. The molecular formula is C9H11NO2. The van der Waals surface area contributed by atoms with Crippen molar-refractivity contribution in [1.82, 2.24) is 5.32 Å². The highest BCUT2D eigenvalue weighted by atomic mass is 16.2. The fourth-order valence-electron chi connectivity index (χ4n) is 2.26. The van der Waals surface area contributed by atoms with Crippen LogP contribution in [0.4, 0.5) is 0 Å². The van der Waals surface area contributed by atoms with Crippen LogP contribution >= 0.6 is 0 Å². The van der Waals surface area contributed by atoms with Crippen LogP contribution in [0.15, 0.2) is 12.7 Å². The van der Waals surface area contributed by atoms with Gasteiger partial charge in [0.05, 0.1) is 11.8 Å². The van der Waals surface area contributed by atoms with E-state index in [1.165, 1.54) is 0 Å². The summed E-state index contributed by atoms with van der Waals surface area (Å²) in [6.45, 7) is 3.67. The Morgan fingerprint density at radius 3 is 2.75 bits per heavy atom. The average molecular weight is 165 g/mol. The maximum absolute atomic E-state index is 11.3. The van der Waals surface area contributed by atoms with E-state index in [1.54, 1.807) is 6.08 Å². The summed E-state index contributed by atoms with van der Waals surface area (Å²) in [7, 11) is 0. The van der Waals surface area contributed by atoms with Crippen molar-refractivity contribution in [3.63, 3.8) is 0 Å². The van der Waals surface area contributed by atoms with Gasteiger partial charge in [-0.1, -0.05) is 6.08 Å². The lowest BCUT2D eigenvalue weighted by atomic mass is 9.92. The third-order valence-electron chi connectivity index (χ3n) is 2.89. The number of carbonyl (C=O) groups is 2. The number of hydrogen-bond donors (Lipinski definition) is 1. The van der Waals surface area contributed by atoms with Crippen molar-refractivity contribution in [2.24, 2.45) is 17.8 Å². The van der Waals surface area contributed by atoms with E-state index >= 15 is 0 Å². The van der Waals surface area contributed by atoms with Gasteiger partial charge in [-0.2, -0.15) is 0 Å². The van der Waals surface area contributed by atoms with Gasteiger partial charge in [-0.15, -0.1) is 6.58 Å². The molecule has 0 bridgehead atoms. The van der Waals surface area contributed by atoms with Crippen LogP contribution in [0, 0.1) is 17.8 Å². The summed E-state index contributed by atoms with van der Waals surface area (Å²) in [6.07, 6.45) is 3.56. The average Bonchev–Trinajstić information content (AvgIpc) is 2.55. The highest BCUT2D eigenvalue weighted by Crippen LogP contribution is 2.40. The molecule has 0 aromatic carbocycles. The van der Waals surface area contributed by atoms with Crippen molar-refractivity contribution in [3.05, 3.63) is 12.7 Å². The third kappa shape index (κ3) is 0.823. The molecule has 3 atom stereocenters. The van der Waals surface area contributed by atoms with E-state index in [9.17, 15) is 9.59 Å². The molecule has 0 radical (unpaired) electrons. The lowest BCUT2D eigenvalue weighted by Crippen LogP contribution is -2.25.